The van der Waals surface area contributed by atoms with E-state index in [1.54, 1.807) is 31.4 Å². The molecule has 0 saturated heterocycles. The van der Waals surface area contributed by atoms with Gasteiger partial charge in [-0.25, -0.2) is 0 Å². The maximum Gasteiger partial charge on any atom is 0.211 e. The quantitative estimate of drug-likeness (QED) is 0.821. The molecule has 0 heterocycles. The summed E-state index contributed by atoms with van der Waals surface area (Å²) in [5.74, 6) is 2.22. The van der Waals surface area contributed by atoms with E-state index in [1.165, 1.54) is 0 Å². The molecule has 0 saturated carbocycles. The van der Waals surface area contributed by atoms with Gasteiger partial charge in [0.2, 0.25) is 6.41 Å². The molecule has 0 aliphatic carbocycles. The number of benzene rings is 2. The van der Waals surface area contributed by atoms with Crippen LogP contribution in [0.3, 0.4) is 0 Å². The van der Waals surface area contributed by atoms with Gasteiger partial charge in [0, 0.05) is 5.69 Å². The van der Waals surface area contributed by atoms with E-state index < -0.39 is 0 Å². The Bertz CT molecular complexity index is 506. The highest BCUT2D eigenvalue weighted by Gasteiger charge is 1.98. The van der Waals surface area contributed by atoms with Crippen molar-refractivity contribution in [2.75, 3.05) is 12.4 Å². The number of carbonyl (C=O) groups excluding carboxylic acids is 1. The van der Waals surface area contributed by atoms with Crippen LogP contribution in [0.4, 0.5) is 5.69 Å². The van der Waals surface area contributed by atoms with Crippen molar-refractivity contribution >= 4 is 12.1 Å². The van der Waals surface area contributed by atoms with Gasteiger partial charge in [-0.2, -0.15) is 0 Å². The Kier molecular flexibility index (Phi) is 3.81. The average molecular weight is 243 g/mol. The van der Waals surface area contributed by atoms with Crippen LogP contribution in [-0.2, 0) is 4.79 Å². The molecule has 4 heteroatoms. The number of nitrogens with one attached hydrogen (secondary N) is 1. The van der Waals surface area contributed by atoms with Crippen LogP contribution in [0.2, 0.25) is 0 Å². The topological polar surface area (TPSA) is 47.6 Å². The van der Waals surface area contributed by atoms with Crippen LogP contribution in [0.15, 0.2) is 48.5 Å². The fraction of sp³-hybridized carbons (Fsp3) is 0.0714. The second kappa shape index (κ2) is 5.72. The van der Waals surface area contributed by atoms with Gasteiger partial charge in [-0.3, -0.25) is 4.79 Å². The summed E-state index contributed by atoms with van der Waals surface area (Å²) in [6.45, 7) is 0. The Morgan fingerprint density at radius 2 is 1.39 bits per heavy atom. The van der Waals surface area contributed by atoms with Crippen LogP contribution in [0.25, 0.3) is 0 Å². The minimum Gasteiger partial charge on any atom is -0.497 e. The van der Waals surface area contributed by atoms with Crippen LogP contribution in [0.1, 0.15) is 0 Å². The van der Waals surface area contributed by atoms with E-state index in [0.29, 0.717) is 12.2 Å². The second-order valence-corrected chi connectivity index (χ2v) is 3.56. The molecular formula is C14H13NO3. The van der Waals surface area contributed by atoms with Crippen LogP contribution < -0.4 is 14.8 Å². The van der Waals surface area contributed by atoms with E-state index >= 15 is 0 Å². The second-order valence-electron chi connectivity index (χ2n) is 3.56. The fourth-order valence-corrected chi connectivity index (χ4v) is 1.47. The molecule has 0 fully saturated rings. The van der Waals surface area contributed by atoms with Gasteiger partial charge in [-0.05, 0) is 48.5 Å². The zero-order valence-electron chi connectivity index (χ0n) is 9.92. The highest BCUT2D eigenvalue weighted by molar-refractivity contribution is 5.71. The molecule has 92 valence electrons. The molecule has 0 unspecified atom stereocenters. The number of rotatable bonds is 5. The van der Waals surface area contributed by atoms with Crippen LogP contribution in [0.5, 0.6) is 17.2 Å². The molecule has 4 nitrogen and oxygen atoms in total. The number of carbonyl (C=O) groups is 1. The molecule has 1 amide bonds. The molecule has 0 bridgehead atoms. The smallest absolute Gasteiger partial charge is 0.211 e. The first-order valence-corrected chi connectivity index (χ1v) is 5.44. The van der Waals surface area contributed by atoms with Gasteiger partial charge in [0.25, 0.3) is 0 Å². The lowest BCUT2D eigenvalue weighted by Crippen LogP contribution is -1.93. The minimum absolute atomic E-state index is 0.638. The number of hydrogen-bond acceptors (Lipinski definition) is 3. The Hall–Kier alpha value is -2.49. The Balaban J connectivity index is 2.05. The van der Waals surface area contributed by atoms with E-state index in [1.807, 2.05) is 24.3 Å². The molecular weight excluding hydrogens is 230 g/mol. The fourth-order valence-electron chi connectivity index (χ4n) is 1.47. The van der Waals surface area contributed by atoms with Crippen molar-refractivity contribution in [3.8, 4) is 17.2 Å². The van der Waals surface area contributed by atoms with E-state index in [0.717, 1.165) is 17.2 Å². The lowest BCUT2D eigenvalue weighted by Gasteiger charge is -2.07. The van der Waals surface area contributed by atoms with Gasteiger partial charge in [0.1, 0.15) is 17.2 Å². The van der Waals surface area contributed by atoms with Crippen LogP contribution in [-0.4, -0.2) is 13.5 Å². The summed E-state index contributed by atoms with van der Waals surface area (Å²) in [5.41, 5.74) is 0.729. The van der Waals surface area contributed by atoms with Crippen molar-refractivity contribution in [1.82, 2.24) is 0 Å². The molecule has 0 aliphatic heterocycles. The van der Waals surface area contributed by atoms with Crippen molar-refractivity contribution in [2.45, 2.75) is 0 Å². The molecule has 18 heavy (non-hydrogen) atoms. The number of ether oxygens (including phenoxy) is 2. The van der Waals surface area contributed by atoms with Gasteiger partial charge < -0.3 is 14.8 Å². The van der Waals surface area contributed by atoms with Crippen LogP contribution >= 0.6 is 0 Å². The molecule has 0 radical (unpaired) electrons. The van der Waals surface area contributed by atoms with E-state index in [4.69, 9.17) is 9.47 Å². The van der Waals surface area contributed by atoms with Gasteiger partial charge in [0.05, 0.1) is 7.11 Å². The zero-order valence-corrected chi connectivity index (χ0v) is 9.92. The predicted molar refractivity (Wildman–Crippen MR) is 69.2 cm³/mol. The normalized spacial score (nSPS) is 9.61. The molecule has 0 aliphatic rings. The Morgan fingerprint density at radius 1 is 0.889 bits per heavy atom. The zero-order chi connectivity index (χ0) is 12.8. The van der Waals surface area contributed by atoms with Crippen LogP contribution in [0, 0.1) is 0 Å². The molecule has 2 rings (SSSR count). The summed E-state index contributed by atoms with van der Waals surface area (Å²) in [5, 5.41) is 2.56. The molecule has 1 N–H and O–H groups in total. The minimum atomic E-state index is 0.638. The first-order chi connectivity index (χ1) is 8.81. The summed E-state index contributed by atoms with van der Waals surface area (Å²) in [7, 11) is 1.62. The molecule has 0 aromatic heterocycles. The van der Waals surface area contributed by atoms with E-state index in [2.05, 4.69) is 5.32 Å². The van der Waals surface area contributed by atoms with Gasteiger partial charge in [-0.1, -0.05) is 0 Å². The summed E-state index contributed by atoms with van der Waals surface area (Å²) in [4.78, 5) is 10.3. The number of anilines is 1. The molecule has 2 aromatic rings. The predicted octanol–water partition coefficient (Wildman–Crippen LogP) is 3.06. The van der Waals surface area contributed by atoms with E-state index in [9.17, 15) is 4.79 Å². The molecule has 0 spiro atoms. The van der Waals surface area contributed by atoms with Gasteiger partial charge in [-0.15, -0.1) is 0 Å². The highest BCUT2D eigenvalue weighted by atomic mass is 16.5. The third-order valence-corrected chi connectivity index (χ3v) is 2.38. The standard InChI is InChI=1S/C14H13NO3/c1-17-12-6-8-14(9-7-12)18-13-4-2-11(3-5-13)15-10-16/h2-10H,1H3,(H,15,16). The van der Waals surface area contributed by atoms with E-state index in [-0.39, 0.29) is 0 Å². The highest BCUT2D eigenvalue weighted by Crippen LogP contribution is 2.24. The summed E-state index contributed by atoms with van der Waals surface area (Å²) >= 11 is 0. The largest absolute Gasteiger partial charge is 0.497 e. The maximum absolute atomic E-state index is 10.3. The van der Waals surface area contributed by atoms with Crippen molar-refractivity contribution in [3.05, 3.63) is 48.5 Å². The van der Waals surface area contributed by atoms with Crippen molar-refractivity contribution < 1.29 is 14.3 Å². The van der Waals surface area contributed by atoms with Crippen molar-refractivity contribution in [2.24, 2.45) is 0 Å². The number of amides is 1. The summed E-state index contributed by atoms with van der Waals surface area (Å²) < 4.78 is 10.7. The van der Waals surface area contributed by atoms with Gasteiger partial charge in [0.15, 0.2) is 0 Å². The first-order valence-electron chi connectivity index (χ1n) is 5.44. The lowest BCUT2D eigenvalue weighted by molar-refractivity contribution is -0.105. The average Bonchev–Trinajstić information content (AvgIpc) is 2.42. The SMILES string of the molecule is COc1ccc(Oc2ccc(NC=O)cc2)cc1. The van der Waals surface area contributed by atoms with Crippen molar-refractivity contribution in [1.29, 1.82) is 0 Å². The molecule has 2 aromatic carbocycles. The first kappa shape index (κ1) is 12.0. The van der Waals surface area contributed by atoms with Crippen molar-refractivity contribution in [3.63, 3.8) is 0 Å². The third kappa shape index (κ3) is 3.01. The third-order valence-electron chi connectivity index (χ3n) is 2.38. The maximum atomic E-state index is 10.3. The number of methoxy groups -OCH3 is 1. The Labute approximate surface area is 105 Å². The lowest BCUT2D eigenvalue weighted by atomic mass is 10.3. The molecule has 0 atom stereocenters. The summed E-state index contributed by atoms with van der Waals surface area (Å²) in [6.07, 6.45) is 0.638. The monoisotopic (exact) mass is 243 g/mol. The summed E-state index contributed by atoms with van der Waals surface area (Å²) in [6, 6.07) is 14.4. The van der Waals surface area contributed by atoms with Gasteiger partial charge >= 0.3 is 0 Å². The number of hydrogen-bond donors (Lipinski definition) is 1. The Morgan fingerprint density at radius 3 is 1.89 bits per heavy atom.